The first-order chi connectivity index (χ1) is 18.0. The average Bonchev–Trinajstić information content (AvgIpc) is 2.90. The molecule has 37 heavy (non-hydrogen) atoms. The number of nitrogens with one attached hydrogen (secondary N) is 1. The highest BCUT2D eigenvalue weighted by molar-refractivity contribution is 5.97. The molecule has 2 heterocycles. The van der Waals surface area contributed by atoms with E-state index in [-0.39, 0.29) is 18.4 Å². The van der Waals surface area contributed by atoms with E-state index in [1.54, 1.807) is 12.1 Å². The first-order valence-electron chi connectivity index (χ1n) is 12.6. The molecule has 0 aromatic heterocycles. The molecule has 3 aromatic rings. The molecule has 1 fully saturated rings. The SMILES string of the molecule is C=Cc1c(NC)ccc2c1OC(c1ccc(OCCN3CC(CF)C3)cc1)C(c1ccc(F)cc1)=C2C. The number of allylic oxidation sites excluding steroid dienone is 1. The Balaban J connectivity index is 1.44. The lowest BCUT2D eigenvalue weighted by molar-refractivity contribution is 0.0668. The van der Waals surface area contributed by atoms with E-state index in [2.05, 4.69) is 23.7 Å². The highest BCUT2D eigenvalue weighted by Crippen LogP contribution is 2.49. The first-order valence-corrected chi connectivity index (χ1v) is 12.6. The van der Waals surface area contributed by atoms with Crippen molar-refractivity contribution in [1.82, 2.24) is 4.90 Å². The smallest absolute Gasteiger partial charge is 0.150 e. The number of nitrogens with zero attached hydrogens (tertiary/aromatic N) is 1. The molecule has 192 valence electrons. The van der Waals surface area contributed by atoms with Crippen LogP contribution in [0.3, 0.4) is 0 Å². The van der Waals surface area contributed by atoms with Gasteiger partial charge in [-0.15, -0.1) is 0 Å². The van der Waals surface area contributed by atoms with Crippen LogP contribution in [-0.4, -0.2) is 44.9 Å². The lowest BCUT2D eigenvalue weighted by Crippen LogP contribution is -2.49. The fourth-order valence-electron chi connectivity index (χ4n) is 5.18. The normalized spacial score (nSPS) is 17.6. The van der Waals surface area contributed by atoms with Crippen LogP contribution in [0.1, 0.15) is 35.3 Å². The summed E-state index contributed by atoms with van der Waals surface area (Å²) in [7, 11) is 1.88. The summed E-state index contributed by atoms with van der Waals surface area (Å²) in [6.45, 7) is 8.80. The molecule has 1 saturated heterocycles. The molecule has 0 radical (unpaired) electrons. The maximum atomic E-state index is 13.8. The van der Waals surface area contributed by atoms with Crippen LogP contribution in [0.2, 0.25) is 0 Å². The summed E-state index contributed by atoms with van der Waals surface area (Å²) in [5.41, 5.74) is 6.78. The number of benzene rings is 3. The Bertz CT molecular complexity index is 1300. The Morgan fingerprint density at radius 2 is 1.81 bits per heavy atom. The number of hydrogen-bond acceptors (Lipinski definition) is 4. The van der Waals surface area contributed by atoms with Gasteiger partial charge in [-0.25, -0.2) is 4.39 Å². The molecule has 2 aliphatic rings. The molecule has 4 nitrogen and oxygen atoms in total. The van der Waals surface area contributed by atoms with Crippen LogP contribution in [0.25, 0.3) is 17.2 Å². The second kappa shape index (κ2) is 10.8. The van der Waals surface area contributed by atoms with E-state index in [0.29, 0.717) is 6.61 Å². The van der Waals surface area contributed by atoms with Crippen molar-refractivity contribution in [2.45, 2.75) is 13.0 Å². The van der Waals surface area contributed by atoms with E-state index >= 15 is 0 Å². The van der Waals surface area contributed by atoms with E-state index < -0.39 is 6.10 Å². The molecule has 1 unspecified atom stereocenters. The molecule has 1 atom stereocenters. The van der Waals surface area contributed by atoms with Crippen molar-refractivity contribution in [3.05, 3.63) is 95.3 Å². The maximum Gasteiger partial charge on any atom is 0.150 e. The van der Waals surface area contributed by atoms with E-state index in [1.165, 1.54) is 12.1 Å². The molecular weight excluding hydrogens is 470 g/mol. The molecule has 1 N–H and O–H groups in total. The van der Waals surface area contributed by atoms with Crippen molar-refractivity contribution >= 4 is 22.9 Å². The van der Waals surface area contributed by atoms with Gasteiger partial charge in [-0.2, -0.15) is 0 Å². The predicted octanol–water partition coefficient (Wildman–Crippen LogP) is 6.85. The minimum atomic E-state index is -0.392. The highest BCUT2D eigenvalue weighted by Gasteiger charge is 2.31. The topological polar surface area (TPSA) is 33.7 Å². The lowest BCUT2D eigenvalue weighted by atomic mass is 9.85. The van der Waals surface area contributed by atoms with Gasteiger partial charge in [0.15, 0.2) is 0 Å². The number of likely N-dealkylation sites (tertiary alicyclic amines) is 1. The summed E-state index contributed by atoms with van der Waals surface area (Å²) in [5.74, 6) is 1.45. The highest BCUT2D eigenvalue weighted by atomic mass is 19.1. The summed E-state index contributed by atoms with van der Waals surface area (Å²) in [4.78, 5) is 2.20. The van der Waals surface area contributed by atoms with Crippen molar-refractivity contribution in [3.63, 3.8) is 0 Å². The van der Waals surface area contributed by atoms with Gasteiger partial charge < -0.3 is 14.8 Å². The van der Waals surface area contributed by atoms with Gasteiger partial charge in [-0.05, 0) is 60.0 Å². The summed E-state index contributed by atoms with van der Waals surface area (Å²) in [6, 6.07) is 18.6. The number of hydrogen-bond donors (Lipinski definition) is 1. The Labute approximate surface area is 217 Å². The first kappa shape index (κ1) is 25.0. The van der Waals surface area contributed by atoms with Crippen LogP contribution in [0.15, 0.2) is 67.2 Å². The maximum absolute atomic E-state index is 13.8. The Morgan fingerprint density at radius 1 is 1.08 bits per heavy atom. The van der Waals surface area contributed by atoms with Crippen molar-refractivity contribution < 1.29 is 18.3 Å². The summed E-state index contributed by atoms with van der Waals surface area (Å²) >= 11 is 0. The third-order valence-corrected chi connectivity index (χ3v) is 7.24. The van der Waals surface area contributed by atoms with Crippen LogP contribution < -0.4 is 14.8 Å². The quantitative estimate of drug-likeness (QED) is 0.347. The minimum absolute atomic E-state index is 0.178. The fourth-order valence-corrected chi connectivity index (χ4v) is 5.18. The molecule has 0 amide bonds. The zero-order valence-electron chi connectivity index (χ0n) is 21.3. The number of alkyl halides is 1. The van der Waals surface area contributed by atoms with Crippen LogP contribution in [0.5, 0.6) is 11.5 Å². The molecule has 2 aliphatic heterocycles. The molecular formula is C31H32F2N2O2. The zero-order valence-corrected chi connectivity index (χ0v) is 21.3. The van der Waals surface area contributed by atoms with Gasteiger partial charge in [0.05, 0.1) is 6.67 Å². The Hall–Kier alpha value is -3.64. The monoisotopic (exact) mass is 502 g/mol. The Morgan fingerprint density at radius 3 is 2.46 bits per heavy atom. The third kappa shape index (κ3) is 4.98. The number of halogens is 2. The average molecular weight is 503 g/mol. The van der Waals surface area contributed by atoms with Crippen LogP contribution >= 0.6 is 0 Å². The van der Waals surface area contributed by atoms with Crippen molar-refractivity contribution in [2.24, 2.45) is 5.92 Å². The molecule has 0 saturated carbocycles. The molecule has 0 bridgehead atoms. The summed E-state index contributed by atoms with van der Waals surface area (Å²) in [5, 5.41) is 3.22. The predicted molar refractivity (Wildman–Crippen MR) is 146 cm³/mol. The number of fused-ring (bicyclic) bond motifs is 1. The van der Waals surface area contributed by atoms with Gasteiger partial charge in [0.1, 0.15) is 30.0 Å². The zero-order chi connectivity index (χ0) is 25.9. The van der Waals surface area contributed by atoms with Crippen molar-refractivity contribution in [2.75, 3.05) is 45.3 Å². The van der Waals surface area contributed by atoms with Crippen LogP contribution in [0, 0.1) is 11.7 Å². The standard InChI is InChI=1S/C31H32F2N2O2/c1-4-26-28(34-3)14-13-27-20(2)29(22-5-9-24(33)10-6-22)30(37-31(26)27)23-7-11-25(12-8-23)36-16-15-35-18-21(17-32)19-35/h4-14,21,30,34H,1,15-19H2,2-3H3. The second-order valence-corrected chi connectivity index (χ2v) is 9.60. The minimum Gasteiger partial charge on any atom is -0.492 e. The fraction of sp³-hybridized carbons (Fsp3) is 0.290. The van der Waals surface area contributed by atoms with Crippen LogP contribution in [0.4, 0.5) is 14.5 Å². The van der Waals surface area contributed by atoms with Gasteiger partial charge in [-0.3, -0.25) is 9.29 Å². The molecule has 6 heteroatoms. The van der Waals surface area contributed by atoms with E-state index in [0.717, 1.165) is 70.2 Å². The van der Waals surface area contributed by atoms with Gasteiger partial charge in [0.25, 0.3) is 0 Å². The van der Waals surface area contributed by atoms with Crippen LogP contribution in [-0.2, 0) is 0 Å². The van der Waals surface area contributed by atoms with E-state index in [4.69, 9.17) is 9.47 Å². The van der Waals surface area contributed by atoms with Gasteiger partial charge in [-0.1, -0.05) is 36.9 Å². The largest absolute Gasteiger partial charge is 0.492 e. The van der Waals surface area contributed by atoms with Gasteiger partial charge >= 0.3 is 0 Å². The third-order valence-electron chi connectivity index (χ3n) is 7.24. The second-order valence-electron chi connectivity index (χ2n) is 9.60. The summed E-state index contributed by atoms with van der Waals surface area (Å²) in [6.07, 6.45) is 1.42. The number of ether oxygens (including phenoxy) is 2. The Kier molecular flexibility index (Phi) is 7.28. The van der Waals surface area contributed by atoms with Crippen molar-refractivity contribution in [3.8, 4) is 11.5 Å². The van der Waals surface area contributed by atoms with Gasteiger partial charge in [0.2, 0.25) is 0 Å². The molecule has 5 rings (SSSR count). The van der Waals surface area contributed by atoms with E-state index in [9.17, 15) is 8.78 Å². The van der Waals surface area contributed by atoms with Gasteiger partial charge in [0, 0.05) is 55.0 Å². The molecule has 0 spiro atoms. The van der Waals surface area contributed by atoms with E-state index in [1.807, 2.05) is 49.5 Å². The lowest BCUT2D eigenvalue weighted by Gasteiger charge is -2.37. The summed E-state index contributed by atoms with van der Waals surface area (Å²) < 4.78 is 39.0. The number of anilines is 1. The molecule has 3 aromatic carbocycles. The van der Waals surface area contributed by atoms with Crippen molar-refractivity contribution in [1.29, 1.82) is 0 Å². The molecule has 0 aliphatic carbocycles. The number of rotatable bonds is 9.